The molecule has 0 aliphatic heterocycles. The molecule has 0 amide bonds. The summed E-state index contributed by atoms with van der Waals surface area (Å²) in [6, 6.07) is 10.8. The number of nitrogens with one attached hydrogen (secondary N) is 2. The Kier molecular flexibility index (Phi) is 3.73. The van der Waals surface area contributed by atoms with E-state index in [0.717, 1.165) is 22.3 Å². The maximum atomic E-state index is 10.3. The van der Waals surface area contributed by atoms with Crippen molar-refractivity contribution in [3.8, 4) is 45.1 Å². The Morgan fingerprint density at radius 1 is 0.654 bits per heavy atom. The number of aromatic nitrogens is 4. The molecule has 0 bridgehead atoms. The highest BCUT2D eigenvalue weighted by atomic mass is 16.3. The van der Waals surface area contributed by atoms with Crippen molar-refractivity contribution in [2.75, 3.05) is 0 Å². The van der Waals surface area contributed by atoms with E-state index >= 15 is 0 Å². The van der Waals surface area contributed by atoms with E-state index in [2.05, 4.69) is 20.4 Å². The summed E-state index contributed by atoms with van der Waals surface area (Å²) in [6.07, 6.45) is 3.39. The van der Waals surface area contributed by atoms with Crippen LogP contribution in [0.25, 0.3) is 33.6 Å². The van der Waals surface area contributed by atoms with Crippen molar-refractivity contribution in [3.05, 3.63) is 59.9 Å². The summed E-state index contributed by atoms with van der Waals surface area (Å²) in [5, 5.41) is 34.8. The molecule has 4 rings (SSSR count). The molecule has 2 heterocycles. The second-order valence-electron chi connectivity index (χ2n) is 6.36. The third-order valence-corrected chi connectivity index (χ3v) is 4.41. The van der Waals surface area contributed by atoms with Gasteiger partial charge in [-0.25, -0.2) is 0 Å². The summed E-state index contributed by atoms with van der Waals surface area (Å²) in [5.41, 5.74) is 6.36. The van der Waals surface area contributed by atoms with Crippen LogP contribution in [0.2, 0.25) is 0 Å². The van der Waals surface area contributed by atoms with E-state index in [4.69, 9.17) is 0 Å². The number of hydrogen-bond acceptors (Lipinski definition) is 4. The normalized spacial score (nSPS) is 11.0. The molecule has 0 unspecified atom stereocenters. The number of hydrogen-bond donors (Lipinski definition) is 4. The zero-order valence-corrected chi connectivity index (χ0v) is 14.4. The van der Waals surface area contributed by atoms with E-state index in [-0.39, 0.29) is 11.5 Å². The monoisotopic (exact) mass is 346 g/mol. The van der Waals surface area contributed by atoms with Crippen LogP contribution in [0, 0.1) is 13.8 Å². The molecule has 6 nitrogen and oxygen atoms in total. The summed E-state index contributed by atoms with van der Waals surface area (Å²) in [5.74, 6) is 0.342. The first-order valence-electron chi connectivity index (χ1n) is 8.21. The van der Waals surface area contributed by atoms with E-state index in [1.807, 2.05) is 38.1 Å². The number of benzene rings is 2. The standard InChI is InChI=1S/C20H18N4O2/c1-11-3-5-17(25)13(7-11)19-15(9-21-23-19)16-10-22-24-20(16)14-8-12(2)4-6-18(14)26/h3-10,25-26H,1-2H3,(H,21,23)(H,22,24). The topological polar surface area (TPSA) is 97.8 Å². The van der Waals surface area contributed by atoms with Crippen LogP contribution in [-0.2, 0) is 0 Å². The van der Waals surface area contributed by atoms with Gasteiger partial charge in [0.25, 0.3) is 0 Å². The Hall–Kier alpha value is -3.54. The highest BCUT2D eigenvalue weighted by Crippen LogP contribution is 2.40. The Labute approximate surface area is 150 Å². The van der Waals surface area contributed by atoms with Crippen molar-refractivity contribution < 1.29 is 10.2 Å². The van der Waals surface area contributed by atoms with Gasteiger partial charge in [-0.2, -0.15) is 10.2 Å². The molecular formula is C20H18N4O2. The first-order valence-corrected chi connectivity index (χ1v) is 8.21. The smallest absolute Gasteiger partial charge is 0.124 e. The second kappa shape index (κ2) is 6.07. The lowest BCUT2D eigenvalue weighted by atomic mass is 9.97. The van der Waals surface area contributed by atoms with Gasteiger partial charge in [-0.1, -0.05) is 23.3 Å². The Balaban J connectivity index is 1.90. The highest BCUT2D eigenvalue weighted by molar-refractivity contribution is 5.90. The largest absolute Gasteiger partial charge is 0.507 e. The number of nitrogens with zero attached hydrogens (tertiary/aromatic N) is 2. The predicted molar refractivity (Wildman–Crippen MR) is 99.8 cm³/mol. The molecule has 0 aliphatic carbocycles. The minimum atomic E-state index is 0.171. The molecule has 2 aromatic carbocycles. The predicted octanol–water partition coefficient (Wildman–Crippen LogP) is 4.16. The van der Waals surface area contributed by atoms with Gasteiger partial charge in [-0.05, 0) is 38.1 Å². The Morgan fingerprint density at radius 3 is 1.50 bits per heavy atom. The van der Waals surface area contributed by atoms with Gasteiger partial charge >= 0.3 is 0 Å². The molecule has 6 heteroatoms. The lowest BCUT2D eigenvalue weighted by molar-refractivity contribution is 0.476. The molecule has 0 saturated heterocycles. The van der Waals surface area contributed by atoms with Gasteiger partial charge in [0.2, 0.25) is 0 Å². The average molecular weight is 346 g/mol. The lowest BCUT2D eigenvalue weighted by Gasteiger charge is -2.09. The quantitative estimate of drug-likeness (QED) is 0.448. The molecular weight excluding hydrogens is 328 g/mol. The minimum Gasteiger partial charge on any atom is -0.507 e. The van der Waals surface area contributed by atoms with Gasteiger partial charge in [0.1, 0.15) is 11.5 Å². The Bertz CT molecular complexity index is 1010. The van der Waals surface area contributed by atoms with Crippen molar-refractivity contribution in [2.24, 2.45) is 0 Å². The number of aryl methyl sites for hydroxylation is 2. The second-order valence-corrected chi connectivity index (χ2v) is 6.36. The zero-order valence-electron chi connectivity index (χ0n) is 14.4. The van der Waals surface area contributed by atoms with Crippen LogP contribution in [-0.4, -0.2) is 30.6 Å². The lowest BCUT2D eigenvalue weighted by Crippen LogP contribution is -1.88. The van der Waals surface area contributed by atoms with Crippen LogP contribution < -0.4 is 0 Å². The molecule has 0 fully saturated rings. The number of H-pyrrole nitrogens is 2. The van der Waals surface area contributed by atoms with E-state index in [0.29, 0.717) is 22.5 Å². The summed E-state index contributed by atoms with van der Waals surface area (Å²) in [4.78, 5) is 0. The summed E-state index contributed by atoms with van der Waals surface area (Å²) in [7, 11) is 0. The van der Waals surface area contributed by atoms with Gasteiger partial charge in [-0.3, -0.25) is 10.2 Å². The van der Waals surface area contributed by atoms with Crippen molar-refractivity contribution >= 4 is 0 Å². The molecule has 0 radical (unpaired) electrons. The summed E-state index contributed by atoms with van der Waals surface area (Å²) < 4.78 is 0. The number of rotatable bonds is 3. The third kappa shape index (κ3) is 2.61. The summed E-state index contributed by atoms with van der Waals surface area (Å²) >= 11 is 0. The van der Waals surface area contributed by atoms with Crippen LogP contribution in [0.5, 0.6) is 11.5 Å². The SMILES string of the molecule is Cc1ccc(O)c(-c2[nH]ncc2-c2cn[nH]c2-c2cc(C)ccc2O)c1. The maximum Gasteiger partial charge on any atom is 0.124 e. The molecule has 4 N–H and O–H groups in total. The first-order chi connectivity index (χ1) is 12.5. The van der Waals surface area contributed by atoms with Crippen LogP contribution in [0.1, 0.15) is 11.1 Å². The Morgan fingerprint density at radius 2 is 1.08 bits per heavy atom. The molecule has 4 aromatic rings. The number of phenolic OH excluding ortho intramolecular Hbond substituents is 2. The summed E-state index contributed by atoms with van der Waals surface area (Å²) in [6.45, 7) is 3.93. The average Bonchev–Trinajstić information content (AvgIpc) is 3.27. The van der Waals surface area contributed by atoms with Crippen molar-refractivity contribution in [3.63, 3.8) is 0 Å². The zero-order chi connectivity index (χ0) is 18.3. The minimum absolute atomic E-state index is 0.171. The van der Waals surface area contributed by atoms with Crippen LogP contribution in [0.15, 0.2) is 48.8 Å². The van der Waals surface area contributed by atoms with E-state index < -0.39 is 0 Å². The molecule has 0 spiro atoms. The molecule has 0 atom stereocenters. The fraction of sp³-hybridized carbons (Fsp3) is 0.100. The van der Waals surface area contributed by atoms with E-state index in [9.17, 15) is 10.2 Å². The van der Waals surface area contributed by atoms with Crippen LogP contribution in [0.3, 0.4) is 0 Å². The van der Waals surface area contributed by atoms with Gasteiger partial charge in [0, 0.05) is 22.3 Å². The van der Waals surface area contributed by atoms with Crippen LogP contribution in [0.4, 0.5) is 0 Å². The third-order valence-electron chi connectivity index (χ3n) is 4.41. The van der Waals surface area contributed by atoms with Gasteiger partial charge in [0.15, 0.2) is 0 Å². The van der Waals surface area contributed by atoms with E-state index in [1.165, 1.54) is 0 Å². The van der Waals surface area contributed by atoms with Gasteiger partial charge < -0.3 is 10.2 Å². The maximum absolute atomic E-state index is 10.3. The fourth-order valence-corrected chi connectivity index (χ4v) is 3.09. The molecule has 26 heavy (non-hydrogen) atoms. The number of aromatic amines is 2. The highest BCUT2D eigenvalue weighted by Gasteiger charge is 2.19. The van der Waals surface area contributed by atoms with E-state index in [1.54, 1.807) is 24.5 Å². The van der Waals surface area contributed by atoms with Crippen molar-refractivity contribution in [1.82, 2.24) is 20.4 Å². The van der Waals surface area contributed by atoms with Gasteiger partial charge in [-0.15, -0.1) is 0 Å². The molecule has 0 saturated carbocycles. The molecule has 130 valence electrons. The van der Waals surface area contributed by atoms with Crippen molar-refractivity contribution in [1.29, 1.82) is 0 Å². The fourth-order valence-electron chi connectivity index (χ4n) is 3.09. The number of phenols is 2. The molecule has 2 aromatic heterocycles. The first kappa shape index (κ1) is 16.0. The van der Waals surface area contributed by atoms with Crippen LogP contribution >= 0.6 is 0 Å². The van der Waals surface area contributed by atoms with Crippen molar-refractivity contribution in [2.45, 2.75) is 13.8 Å². The van der Waals surface area contributed by atoms with Gasteiger partial charge in [0.05, 0.1) is 23.8 Å². The number of aromatic hydroxyl groups is 2. The molecule has 0 aliphatic rings.